The lowest BCUT2D eigenvalue weighted by atomic mass is 10.1. The Balaban J connectivity index is 1.89. The Labute approximate surface area is 170 Å². The second kappa shape index (κ2) is 8.44. The Hall–Kier alpha value is -3.20. The predicted octanol–water partition coefficient (Wildman–Crippen LogP) is 2.76. The van der Waals surface area contributed by atoms with E-state index in [1.807, 2.05) is 19.2 Å². The smallest absolute Gasteiger partial charge is 0.325 e. The highest BCUT2D eigenvalue weighted by atomic mass is 32.1. The van der Waals surface area contributed by atoms with Crippen LogP contribution in [0.1, 0.15) is 25.1 Å². The number of thiazole rings is 1. The molecule has 3 rings (SSSR count). The summed E-state index contributed by atoms with van der Waals surface area (Å²) in [6, 6.07) is 2.25. The largest absolute Gasteiger partial charge is 0.483 e. The normalized spacial score (nSPS) is 12.0. The Bertz CT molecular complexity index is 1130. The van der Waals surface area contributed by atoms with Crippen LogP contribution in [0, 0.1) is 6.92 Å². The van der Waals surface area contributed by atoms with E-state index in [-0.39, 0.29) is 12.0 Å². The maximum Gasteiger partial charge on any atom is 0.325 e. The number of hydrogen-bond donors (Lipinski definition) is 2. The van der Waals surface area contributed by atoms with Gasteiger partial charge in [0.05, 0.1) is 10.9 Å². The highest BCUT2D eigenvalue weighted by molar-refractivity contribution is 7.13. The van der Waals surface area contributed by atoms with E-state index in [4.69, 9.17) is 14.3 Å². The van der Waals surface area contributed by atoms with Crippen LogP contribution in [0.15, 0.2) is 33.0 Å². The van der Waals surface area contributed by atoms with Crippen LogP contribution in [0.3, 0.4) is 0 Å². The fourth-order valence-corrected chi connectivity index (χ4v) is 3.53. The van der Waals surface area contributed by atoms with Crippen LogP contribution in [-0.4, -0.2) is 34.6 Å². The van der Waals surface area contributed by atoms with E-state index in [0.717, 1.165) is 11.3 Å². The minimum absolute atomic E-state index is 0.185. The second-order valence-electron chi connectivity index (χ2n) is 6.50. The molecule has 152 valence electrons. The van der Waals surface area contributed by atoms with E-state index in [1.54, 1.807) is 12.1 Å². The summed E-state index contributed by atoms with van der Waals surface area (Å²) in [5.74, 6) is -1.29. The van der Waals surface area contributed by atoms with Gasteiger partial charge in [0.2, 0.25) is 5.43 Å². The monoisotopic (exact) mass is 416 g/mol. The molecular weight excluding hydrogens is 396 g/mol. The van der Waals surface area contributed by atoms with E-state index in [1.165, 1.54) is 24.5 Å². The molecule has 0 saturated heterocycles. The minimum Gasteiger partial charge on any atom is -0.483 e. The fraction of sp³-hybridized carbons (Fsp3) is 0.300. The number of nitrogens with one attached hydrogen (secondary N) is 1. The van der Waals surface area contributed by atoms with Crippen molar-refractivity contribution in [1.82, 2.24) is 10.3 Å². The van der Waals surface area contributed by atoms with Crippen LogP contribution in [-0.2, 0) is 16.0 Å². The van der Waals surface area contributed by atoms with Crippen LogP contribution in [0.4, 0.5) is 0 Å². The van der Waals surface area contributed by atoms with Crippen molar-refractivity contribution in [3.63, 3.8) is 0 Å². The molecule has 0 aliphatic rings. The van der Waals surface area contributed by atoms with E-state index in [2.05, 4.69) is 10.3 Å². The van der Waals surface area contributed by atoms with Crippen LogP contribution in [0.5, 0.6) is 5.75 Å². The Kier molecular flexibility index (Phi) is 5.97. The number of aliphatic carboxylic acids is 1. The molecule has 1 amide bonds. The number of aromatic nitrogens is 1. The molecule has 1 aromatic carbocycles. The van der Waals surface area contributed by atoms with Gasteiger partial charge in [0.15, 0.2) is 6.61 Å². The van der Waals surface area contributed by atoms with Crippen molar-refractivity contribution < 1.29 is 23.8 Å². The van der Waals surface area contributed by atoms with Gasteiger partial charge in [-0.05, 0) is 31.9 Å². The molecule has 0 aliphatic carbocycles. The van der Waals surface area contributed by atoms with Gasteiger partial charge in [-0.3, -0.25) is 14.4 Å². The van der Waals surface area contributed by atoms with Crippen molar-refractivity contribution >= 4 is 34.2 Å². The number of rotatable bonds is 7. The summed E-state index contributed by atoms with van der Waals surface area (Å²) in [5, 5.41) is 14.0. The number of nitrogens with zero attached hydrogens (tertiary/aromatic N) is 1. The van der Waals surface area contributed by atoms with Gasteiger partial charge in [-0.15, -0.1) is 11.3 Å². The number of amides is 1. The lowest BCUT2D eigenvalue weighted by Crippen LogP contribution is -2.40. The van der Waals surface area contributed by atoms with E-state index >= 15 is 0 Å². The maximum atomic E-state index is 12.9. The average molecular weight is 416 g/mol. The van der Waals surface area contributed by atoms with Crippen molar-refractivity contribution in [1.29, 1.82) is 0 Å². The van der Waals surface area contributed by atoms with Gasteiger partial charge >= 0.3 is 5.97 Å². The van der Waals surface area contributed by atoms with Crippen molar-refractivity contribution in [2.75, 3.05) is 6.61 Å². The predicted molar refractivity (Wildman–Crippen MR) is 108 cm³/mol. The van der Waals surface area contributed by atoms with Gasteiger partial charge in [0, 0.05) is 17.1 Å². The first-order valence-electron chi connectivity index (χ1n) is 8.96. The fourth-order valence-electron chi connectivity index (χ4n) is 2.73. The first-order chi connectivity index (χ1) is 13.8. The van der Waals surface area contributed by atoms with Crippen LogP contribution < -0.4 is 15.5 Å². The van der Waals surface area contributed by atoms with Gasteiger partial charge in [0.25, 0.3) is 5.91 Å². The number of hydrogen-bond acceptors (Lipinski definition) is 7. The molecule has 0 radical (unpaired) electrons. The minimum atomic E-state index is -1.13. The van der Waals surface area contributed by atoms with E-state index in [0.29, 0.717) is 33.7 Å². The summed E-state index contributed by atoms with van der Waals surface area (Å²) in [4.78, 5) is 39.9. The molecule has 9 heteroatoms. The topological polar surface area (TPSA) is 119 Å². The molecule has 29 heavy (non-hydrogen) atoms. The molecule has 1 unspecified atom stereocenters. The highest BCUT2D eigenvalue weighted by Gasteiger charge is 2.17. The molecule has 0 fully saturated rings. The summed E-state index contributed by atoms with van der Waals surface area (Å²) in [7, 11) is 0. The number of carboxylic acid groups (broad SMARTS) is 1. The number of carbonyl (C=O) groups excluding carboxylic acids is 1. The Morgan fingerprint density at radius 3 is 2.76 bits per heavy atom. The quantitative estimate of drug-likeness (QED) is 0.608. The van der Waals surface area contributed by atoms with Gasteiger partial charge in [0.1, 0.15) is 28.6 Å². The molecule has 0 saturated carbocycles. The molecule has 0 bridgehead atoms. The Morgan fingerprint density at radius 2 is 2.14 bits per heavy atom. The Morgan fingerprint density at radius 1 is 1.38 bits per heavy atom. The van der Waals surface area contributed by atoms with Crippen LogP contribution in [0.2, 0.25) is 0 Å². The van der Waals surface area contributed by atoms with Gasteiger partial charge in [-0.2, -0.15) is 0 Å². The summed E-state index contributed by atoms with van der Waals surface area (Å²) in [6.45, 7) is 4.77. The standard InChI is InChI=1S/C20H20N2O6S/c1-4-12-5-13-16(6-15(12)28-8-17(23)22-11(3)20(25)26)27-7-14(18(13)24)19-21-10(2)9-29-19/h5-7,9,11H,4,8H2,1-3H3,(H,22,23)(H,25,26). The summed E-state index contributed by atoms with van der Waals surface area (Å²) in [5.41, 5.74) is 2.11. The first kappa shape index (κ1) is 20.5. The number of ether oxygens (including phenoxy) is 1. The van der Waals surface area contributed by atoms with Crippen molar-refractivity contribution in [2.24, 2.45) is 0 Å². The average Bonchev–Trinajstić information content (AvgIpc) is 3.12. The first-order valence-corrected chi connectivity index (χ1v) is 9.84. The third-order valence-corrected chi connectivity index (χ3v) is 5.29. The van der Waals surface area contributed by atoms with Crippen molar-refractivity contribution in [2.45, 2.75) is 33.2 Å². The van der Waals surface area contributed by atoms with Gasteiger partial charge in [-0.25, -0.2) is 4.98 Å². The van der Waals surface area contributed by atoms with Crippen molar-refractivity contribution in [3.8, 4) is 16.3 Å². The van der Waals surface area contributed by atoms with Crippen LogP contribution in [0.25, 0.3) is 21.5 Å². The third-order valence-electron chi connectivity index (χ3n) is 4.29. The molecule has 8 nitrogen and oxygen atoms in total. The summed E-state index contributed by atoms with van der Waals surface area (Å²) >= 11 is 1.37. The zero-order chi connectivity index (χ0) is 21.1. The van der Waals surface area contributed by atoms with Crippen LogP contribution >= 0.6 is 11.3 Å². The second-order valence-corrected chi connectivity index (χ2v) is 7.36. The number of aryl methyl sites for hydroxylation is 2. The molecule has 2 aromatic heterocycles. The molecule has 0 spiro atoms. The zero-order valence-electron chi connectivity index (χ0n) is 16.1. The zero-order valence-corrected chi connectivity index (χ0v) is 17.0. The number of carbonyl (C=O) groups is 2. The molecule has 2 heterocycles. The molecular formula is C20H20N2O6S. The number of benzene rings is 1. The third kappa shape index (κ3) is 4.45. The van der Waals surface area contributed by atoms with Gasteiger partial charge < -0.3 is 19.6 Å². The maximum absolute atomic E-state index is 12.9. The SMILES string of the molecule is CCc1cc2c(=O)c(-c3nc(C)cs3)coc2cc1OCC(=O)NC(C)C(=O)O. The lowest BCUT2D eigenvalue weighted by Gasteiger charge is -2.13. The molecule has 1 atom stereocenters. The summed E-state index contributed by atoms with van der Waals surface area (Å²) < 4.78 is 11.2. The molecule has 0 aliphatic heterocycles. The number of fused-ring (bicyclic) bond motifs is 1. The highest BCUT2D eigenvalue weighted by Crippen LogP contribution is 2.28. The van der Waals surface area contributed by atoms with Gasteiger partial charge in [-0.1, -0.05) is 6.92 Å². The molecule has 3 aromatic rings. The molecule has 2 N–H and O–H groups in total. The lowest BCUT2D eigenvalue weighted by molar-refractivity contribution is -0.141. The number of carboxylic acids is 1. The summed E-state index contributed by atoms with van der Waals surface area (Å²) in [6.07, 6.45) is 1.94. The van der Waals surface area contributed by atoms with Crippen molar-refractivity contribution in [3.05, 3.63) is 45.3 Å². The van der Waals surface area contributed by atoms with E-state index in [9.17, 15) is 14.4 Å². The van der Waals surface area contributed by atoms with E-state index < -0.39 is 17.9 Å².